The van der Waals surface area contributed by atoms with Crippen molar-refractivity contribution in [3.05, 3.63) is 47.5 Å². The number of benzene rings is 1. The van der Waals surface area contributed by atoms with Crippen LogP contribution in [0.3, 0.4) is 0 Å². The van der Waals surface area contributed by atoms with Gasteiger partial charge in [0, 0.05) is 12.0 Å². The molecule has 4 nitrogen and oxygen atoms in total. The standard InChI is InChI=1S/C24H33NO3/c1-20(19-26)10-5-2-3-6-11-21(12-7-4-8-15-24(27)28)16-22-13-9-14-23(17-22)18-25/h8-9,13-15,17,19-21H,2-7,10-12,16H2,1H3,(H,27,28)/b15-8+/t20-,21+/m0/s1. The molecule has 0 aromatic heterocycles. The highest BCUT2D eigenvalue weighted by molar-refractivity contribution is 5.79. The number of nitriles is 1. The quantitative estimate of drug-likeness (QED) is 0.239. The summed E-state index contributed by atoms with van der Waals surface area (Å²) in [6.07, 6.45) is 14.5. The summed E-state index contributed by atoms with van der Waals surface area (Å²) in [5.41, 5.74) is 1.90. The number of carbonyl (C=O) groups is 2. The number of aliphatic carboxylic acids is 1. The number of carboxylic acids is 1. The lowest BCUT2D eigenvalue weighted by Gasteiger charge is -2.17. The van der Waals surface area contributed by atoms with Crippen molar-refractivity contribution in [2.24, 2.45) is 11.8 Å². The smallest absolute Gasteiger partial charge is 0.327 e. The maximum atomic E-state index is 10.7. The predicted octanol–water partition coefficient (Wildman–Crippen LogP) is 5.70. The van der Waals surface area contributed by atoms with Crippen molar-refractivity contribution in [3.63, 3.8) is 0 Å². The maximum absolute atomic E-state index is 10.7. The molecule has 1 aromatic rings. The first-order valence-corrected chi connectivity index (χ1v) is 10.4. The summed E-state index contributed by atoms with van der Waals surface area (Å²) >= 11 is 0. The van der Waals surface area contributed by atoms with Crippen LogP contribution in [0.2, 0.25) is 0 Å². The molecule has 0 amide bonds. The van der Waals surface area contributed by atoms with Gasteiger partial charge in [0.2, 0.25) is 0 Å². The van der Waals surface area contributed by atoms with E-state index in [1.165, 1.54) is 24.5 Å². The first-order valence-electron chi connectivity index (χ1n) is 10.4. The monoisotopic (exact) mass is 383 g/mol. The van der Waals surface area contributed by atoms with E-state index >= 15 is 0 Å². The number of hydrogen-bond acceptors (Lipinski definition) is 3. The predicted molar refractivity (Wildman–Crippen MR) is 112 cm³/mol. The van der Waals surface area contributed by atoms with Crippen LogP contribution in [-0.2, 0) is 16.0 Å². The van der Waals surface area contributed by atoms with Gasteiger partial charge in [-0.15, -0.1) is 0 Å². The third-order valence-corrected chi connectivity index (χ3v) is 5.08. The van der Waals surface area contributed by atoms with Crippen LogP contribution in [0.5, 0.6) is 0 Å². The van der Waals surface area contributed by atoms with E-state index in [-0.39, 0.29) is 5.92 Å². The minimum atomic E-state index is -0.895. The molecule has 1 aromatic carbocycles. The van der Waals surface area contributed by atoms with Crippen LogP contribution in [0.15, 0.2) is 36.4 Å². The highest BCUT2D eigenvalue weighted by atomic mass is 16.4. The van der Waals surface area contributed by atoms with Crippen molar-refractivity contribution in [1.82, 2.24) is 0 Å². The Morgan fingerprint density at radius 1 is 1.14 bits per heavy atom. The third kappa shape index (κ3) is 11.3. The molecule has 0 bridgehead atoms. The number of carboxylic acid groups (broad SMARTS) is 1. The van der Waals surface area contributed by atoms with Crippen molar-refractivity contribution in [2.75, 3.05) is 0 Å². The molecule has 4 heteroatoms. The van der Waals surface area contributed by atoms with Gasteiger partial charge in [-0.3, -0.25) is 0 Å². The Labute approximate surface area is 169 Å². The van der Waals surface area contributed by atoms with Gasteiger partial charge in [0.05, 0.1) is 11.6 Å². The molecule has 0 radical (unpaired) electrons. The lowest BCUT2D eigenvalue weighted by Crippen LogP contribution is -2.05. The zero-order valence-electron chi connectivity index (χ0n) is 17.0. The molecule has 2 atom stereocenters. The second-order valence-corrected chi connectivity index (χ2v) is 7.66. The Morgan fingerprint density at radius 2 is 1.86 bits per heavy atom. The fraction of sp³-hybridized carbons (Fsp3) is 0.542. The molecule has 0 saturated heterocycles. The molecule has 1 N–H and O–H groups in total. The number of nitrogens with zero attached hydrogens (tertiary/aromatic N) is 1. The maximum Gasteiger partial charge on any atom is 0.327 e. The Kier molecular flexibility index (Phi) is 12.3. The highest BCUT2D eigenvalue weighted by Crippen LogP contribution is 2.23. The average molecular weight is 384 g/mol. The van der Waals surface area contributed by atoms with E-state index in [4.69, 9.17) is 10.4 Å². The van der Waals surface area contributed by atoms with Gasteiger partial charge in [-0.1, -0.05) is 57.2 Å². The van der Waals surface area contributed by atoms with Gasteiger partial charge in [0.15, 0.2) is 0 Å². The Bertz CT molecular complexity index is 660. The van der Waals surface area contributed by atoms with Gasteiger partial charge in [-0.05, 0) is 55.7 Å². The van der Waals surface area contributed by atoms with Crippen molar-refractivity contribution in [1.29, 1.82) is 5.26 Å². The lowest BCUT2D eigenvalue weighted by atomic mass is 9.88. The van der Waals surface area contributed by atoms with Crippen molar-refractivity contribution in [2.45, 2.75) is 71.1 Å². The third-order valence-electron chi connectivity index (χ3n) is 5.08. The van der Waals surface area contributed by atoms with Crippen LogP contribution in [0, 0.1) is 23.2 Å². The molecular weight excluding hydrogens is 350 g/mol. The summed E-state index contributed by atoms with van der Waals surface area (Å²) in [5, 5.41) is 17.8. The van der Waals surface area contributed by atoms with Gasteiger partial charge in [-0.25, -0.2) is 4.79 Å². The summed E-state index contributed by atoms with van der Waals surface area (Å²) in [4.78, 5) is 21.2. The largest absolute Gasteiger partial charge is 0.478 e. The minimum Gasteiger partial charge on any atom is -0.478 e. The Hall–Kier alpha value is -2.41. The molecule has 0 aliphatic rings. The minimum absolute atomic E-state index is 0.166. The van der Waals surface area contributed by atoms with Gasteiger partial charge in [0.25, 0.3) is 0 Å². The lowest BCUT2D eigenvalue weighted by molar-refractivity contribution is -0.131. The fourth-order valence-corrected chi connectivity index (χ4v) is 3.48. The van der Waals surface area contributed by atoms with E-state index in [2.05, 4.69) is 12.1 Å². The molecule has 0 aliphatic carbocycles. The van der Waals surface area contributed by atoms with E-state index in [0.29, 0.717) is 11.5 Å². The highest BCUT2D eigenvalue weighted by Gasteiger charge is 2.10. The first-order chi connectivity index (χ1) is 13.5. The molecule has 0 fully saturated rings. The van der Waals surface area contributed by atoms with Gasteiger partial charge in [0.1, 0.15) is 6.29 Å². The van der Waals surface area contributed by atoms with E-state index < -0.39 is 5.97 Å². The topological polar surface area (TPSA) is 78.2 Å². The number of aldehydes is 1. The second kappa shape index (κ2) is 14.6. The number of unbranched alkanes of at least 4 members (excludes halogenated alkanes) is 4. The molecular formula is C24H33NO3. The summed E-state index contributed by atoms with van der Waals surface area (Å²) < 4.78 is 0. The summed E-state index contributed by atoms with van der Waals surface area (Å²) in [6, 6.07) is 10.0. The van der Waals surface area contributed by atoms with Crippen LogP contribution in [0.1, 0.15) is 75.8 Å². The normalized spacial score (nSPS) is 13.1. The van der Waals surface area contributed by atoms with Crippen LogP contribution in [-0.4, -0.2) is 17.4 Å². The van der Waals surface area contributed by atoms with Gasteiger partial charge in [-0.2, -0.15) is 5.26 Å². The van der Waals surface area contributed by atoms with Crippen LogP contribution < -0.4 is 0 Å². The molecule has 152 valence electrons. The van der Waals surface area contributed by atoms with E-state index in [1.54, 1.807) is 6.08 Å². The molecule has 28 heavy (non-hydrogen) atoms. The number of carbonyl (C=O) groups excluding carboxylic acids is 1. The van der Waals surface area contributed by atoms with Crippen molar-refractivity contribution in [3.8, 4) is 6.07 Å². The molecule has 1 rings (SSSR count). The van der Waals surface area contributed by atoms with Crippen molar-refractivity contribution >= 4 is 12.3 Å². The molecule has 0 saturated carbocycles. The number of allylic oxidation sites excluding steroid dienone is 1. The zero-order valence-corrected chi connectivity index (χ0v) is 17.0. The van der Waals surface area contributed by atoms with E-state index in [1.807, 2.05) is 25.1 Å². The zero-order chi connectivity index (χ0) is 20.6. The molecule has 0 aliphatic heterocycles. The van der Waals surface area contributed by atoms with Crippen LogP contribution in [0.4, 0.5) is 0 Å². The van der Waals surface area contributed by atoms with Crippen LogP contribution in [0.25, 0.3) is 0 Å². The van der Waals surface area contributed by atoms with Crippen molar-refractivity contribution < 1.29 is 14.7 Å². The Morgan fingerprint density at radius 3 is 2.54 bits per heavy atom. The molecule has 0 unspecified atom stereocenters. The first kappa shape index (κ1) is 23.6. The molecule has 0 heterocycles. The van der Waals surface area contributed by atoms with E-state index in [9.17, 15) is 9.59 Å². The summed E-state index contributed by atoms with van der Waals surface area (Å²) in [5.74, 6) is -0.186. The number of hydrogen-bond donors (Lipinski definition) is 1. The fourth-order valence-electron chi connectivity index (χ4n) is 3.48. The SMILES string of the molecule is C[C@H](C=O)CCCCCC[C@H](CCC/C=C/C(=O)O)Cc1cccc(C#N)c1. The summed E-state index contributed by atoms with van der Waals surface area (Å²) in [7, 11) is 0. The van der Waals surface area contributed by atoms with Crippen LogP contribution >= 0.6 is 0 Å². The van der Waals surface area contributed by atoms with Gasteiger partial charge < -0.3 is 9.90 Å². The van der Waals surface area contributed by atoms with Gasteiger partial charge >= 0.3 is 5.97 Å². The second-order valence-electron chi connectivity index (χ2n) is 7.66. The Balaban J connectivity index is 2.46. The molecule has 0 spiro atoms. The number of rotatable bonds is 15. The van der Waals surface area contributed by atoms with E-state index in [0.717, 1.165) is 57.7 Å². The summed E-state index contributed by atoms with van der Waals surface area (Å²) in [6.45, 7) is 1.97. The average Bonchev–Trinajstić information content (AvgIpc) is 2.69.